The predicted molar refractivity (Wildman–Crippen MR) is 112 cm³/mol. The highest BCUT2D eigenvalue weighted by molar-refractivity contribution is 4.50. The van der Waals surface area contributed by atoms with Crippen LogP contribution in [-0.2, 0) is 0 Å². The highest BCUT2D eigenvalue weighted by atomic mass is 35.5. The van der Waals surface area contributed by atoms with Crippen LogP contribution in [-0.4, -0.2) is 31.2 Å². The lowest BCUT2D eigenvalue weighted by Crippen LogP contribution is -3.00. The molecule has 0 radical (unpaired) electrons. The van der Waals surface area contributed by atoms with Gasteiger partial charge in [0, 0.05) is 0 Å². The molecule has 1 nitrogen and oxygen atoms in total. The molecule has 0 heterocycles. The molecular weight excluding hydrogens is 326 g/mol. The third-order valence-electron chi connectivity index (χ3n) is 5.99. The van der Waals surface area contributed by atoms with E-state index in [2.05, 4.69) is 34.9 Å². The molecule has 154 valence electrons. The van der Waals surface area contributed by atoms with Gasteiger partial charge in [-0.2, -0.15) is 0 Å². The van der Waals surface area contributed by atoms with E-state index in [0.29, 0.717) is 0 Å². The summed E-state index contributed by atoms with van der Waals surface area (Å²) < 4.78 is 1.18. The molecule has 0 aliphatic carbocycles. The van der Waals surface area contributed by atoms with Crippen molar-refractivity contribution >= 4 is 0 Å². The summed E-state index contributed by atoms with van der Waals surface area (Å²) in [6, 6.07) is 0.751. The Hall–Kier alpha value is 0.250. The van der Waals surface area contributed by atoms with Crippen molar-refractivity contribution < 1.29 is 16.9 Å². The van der Waals surface area contributed by atoms with E-state index >= 15 is 0 Å². The number of unbranched alkanes of at least 4 members (excludes halogenated alkanes) is 15. The van der Waals surface area contributed by atoms with Gasteiger partial charge >= 0.3 is 0 Å². The Labute approximate surface area is 167 Å². The molecule has 0 aromatic heterocycles. The van der Waals surface area contributed by atoms with Gasteiger partial charge in [-0.05, 0) is 26.7 Å². The molecule has 0 aromatic carbocycles. The summed E-state index contributed by atoms with van der Waals surface area (Å²) >= 11 is 0. The highest BCUT2D eigenvalue weighted by Gasteiger charge is 2.18. The van der Waals surface area contributed by atoms with Crippen molar-refractivity contribution in [1.29, 1.82) is 0 Å². The van der Waals surface area contributed by atoms with Crippen LogP contribution in [0, 0.1) is 0 Å². The Morgan fingerprint density at radius 1 is 0.520 bits per heavy atom. The number of nitrogens with zero attached hydrogens (tertiary/aromatic N) is 1. The smallest absolute Gasteiger partial charge is 0.0829 e. The Morgan fingerprint density at radius 3 is 1.08 bits per heavy atom. The second kappa shape index (κ2) is 19.0. The van der Waals surface area contributed by atoms with E-state index < -0.39 is 0 Å². The molecule has 25 heavy (non-hydrogen) atoms. The maximum absolute atomic E-state index is 2.37. The van der Waals surface area contributed by atoms with E-state index in [1.165, 1.54) is 114 Å². The zero-order chi connectivity index (χ0) is 18.1. The van der Waals surface area contributed by atoms with E-state index in [0.717, 1.165) is 6.04 Å². The number of hydrogen-bond donors (Lipinski definition) is 0. The van der Waals surface area contributed by atoms with Gasteiger partial charge in [0.2, 0.25) is 0 Å². The quantitative estimate of drug-likeness (QED) is 0.240. The zero-order valence-electron chi connectivity index (χ0n) is 18.4. The van der Waals surface area contributed by atoms with Crippen molar-refractivity contribution in [2.45, 2.75) is 130 Å². The van der Waals surface area contributed by atoms with E-state index in [-0.39, 0.29) is 12.4 Å². The van der Waals surface area contributed by atoms with Crippen molar-refractivity contribution in [3.05, 3.63) is 0 Å². The molecule has 0 aliphatic heterocycles. The first kappa shape index (κ1) is 27.5. The van der Waals surface area contributed by atoms with Gasteiger partial charge < -0.3 is 16.9 Å². The van der Waals surface area contributed by atoms with Crippen LogP contribution < -0.4 is 12.4 Å². The minimum atomic E-state index is 0. The summed E-state index contributed by atoms with van der Waals surface area (Å²) in [5.41, 5.74) is 0. The average molecular weight is 376 g/mol. The van der Waals surface area contributed by atoms with Crippen molar-refractivity contribution in [3.63, 3.8) is 0 Å². The summed E-state index contributed by atoms with van der Waals surface area (Å²) in [5, 5.41) is 0. The lowest BCUT2D eigenvalue weighted by atomic mass is 10.0. The van der Waals surface area contributed by atoms with Crippen LogP contribution in [0.3, 0.4) is 0 Å². The fraction of sp³-hybridized carbons (Fsp3) is 1.00. The first-order chi connectivity index (χ1) is 11.5. The molecular formula is C23H50ClN. The lowest BCUT2D eigenvalue weighted by Gasteiger charge is -2.34. The van der Waals surface area contributed by atoms with Crippen LogP contribution in [0.4, 0.5) is 0 Å². The molecule has 0 saturated heterocycles. The number of quaternary nitrogens is 1. The van der Waals surface area contributed by atoms with Crippen LogP contribution in [0.15, 0.2) is 0 Å². The van der Waals surface area contributed by atoms with Gasteiger partial charge in [-0.15, -0.1) is 0 Å². The van der Waals surface area contributed by atoms with Crippen LogP contribution in [0.5, 0.6) is 0 Å². The van der Waals surface area contributed by atoms with Crippen molar-refractivity contribution in [2.24, 2.45) is 0 Å². The molecule has 0 aromatic rings. The minimum Gasteiger partial charge on any atom is -1.00 e. The maximum atomic E-state index is 2.37. The monoisotopic (exact) mass is 375 g/mol. The topological polar surface area (TPSA) is 0 Å². The Bertz CT molecular complexity index is 250. The number of halogens is 1. The fourth-order valence-electron chi connectivity index (χ4n) is 3.33. The maximum Gasteiger partial charge on any atom is 0.0829 e. The van der Waals surface area contributed by atoms with E-state index in [4.69, 9.17) is 0 Å². The molecule has 0 saturated carbocycles. The second-order valence-corrected chi connectivity index (χ2v) is 8.90. The average Bonchev–Trinajstić information content (AvgIpc) is 2.54. The number of rotatable bonds is 18. The summed E-state index contributed by atoms with van der Waals surface area (Å²) in [6.07, 6.45) is 23.3. The lowest BCUT2D eigenvalue weighted by molar-refractivity contribution is -0.911. The second-order valence-electron chi connectivity index (χ2n) is 8.90. The first-order valence-electron chi connectivity index (χ1n) is 11.3. The molecule has 0 fully saturated rings. The van der Waals surface area contributed by atoms with E-state index in [9.17, 15) is 0 Å². The Morgan fingerprint density at radius 2 is 0.800 bits per heavy atom. The van der Waals surface area contributed by atoms with E-state index in [1.807, 2.05) is 0 Å². The fourth-order valence-corrected chi connectivity index (χ4v) is 3.33. The standard InChI is InChI=1S/C23H50N.ClH/c1-6-7-8-9-10-11-12-13-14-15-16-17-18-19-20-21-22-24(4,5)23(2)3;/h23H,6-22H2,1-5H3;1H/q+1;/p-1. The Kier molecular flexibility index (Phi) is 20.9. The first-order valence-corrected chi connectivity index (χ1v) is 11.3. The van der Waals surface area contributed by atoms with Gasteiger partial charge in [-0.3, -0.25) is 0 Å². The van der Waals surface area contributed by atoms with Gasteiger partial charge in [-0.1, -0.05) is 96.8 Å². The zero-order valence-corrected chi connectivity index (χ0v) is 19.2. The van der Waals surface area contributed by atoms with Crippen LogP contribution in [0.25, 0.3) is 0 Å². The molecule has 0 N–H and O–H groups in total. The highest BCUT2D eigenvalue weighted by Crippen LogP contribution is 2.14. The predicted octanol–water partition coefficient (Wildman–Crippen LogP) is 4.74. The van der Waals surface area contributed by atoms with Crippen LogP contribution in [0.1, 0.15) is 124 Å². The summed E-state index contributed by atoms with van der Waals surface area (Å²) in [6.45, 7) is 8.32. The molecule has 0 unspecified atom stereocenters. The third kappa shape index (κ3) is 18.8. The Balaban J connectivity index is 0. The molecule has 0 spiro atoms. The third-order valence-corrected chi connectivity index (χ3v) is 5.99. The van der Waals surface area contributed by atoms with Crippen LogP contribution >= 0.6 is 0 Å². The van der Waals surface area contributed by atoms with Crippen LogP contribution in [0.2, 0.25) is 0 Å². The van der Waals surface area contributed by atoms with Crippen molar-refractivity contribution in [3.8, 4) is 0 Å². The largest absolute Gasteiger partial charge is 1.00 e. The number of hydrogen-bond acceptors (Lipinski definition) is 0. The van der Waals surface area contributed by atoms with Gasteiger partial charge in [0.1, 0.15) is 0 Å². The van der Waals surface area contributed by atoms with Gasteiger partial charge in [-0.25, -0.2) is 0 Å². The molecule has 2 heteroatoms. The molecule has 0 bridgehead atoms. The summed E-state index contributed by atoms with van der Waals surface area (Å²) in [7, 11) is 4.74. The molecule has 0 atom stereocenters. The van der Waals surface area contributed by atoms with Gasteiger partial charge in [0.25, 0.3) is 0 Å². The molecule has 0 aliphatic rings. The molecule has 0 amide bonds. The van der Waals surface area contributed by atoms with Gasteiger partial charge in [0.05, 0.1) is 26.7 Å². The van der Waals surface area contributed by atoms with Crippen molar-refractivity contribution in [1.82, 2.24) is 0 Å². The van der Waals surface area contributed by atoms with E-state index in [1.54, 1.807) is 0 Å². The van der Waals surface area contributed by atoms with Gasteiger partial charge in [0.15, 0.2) is 0 Å². The van der Waals surface area contributed by atoms with Crippen molar-refractivity contribution in [2.75, 3.05) is 20.6 Å². The summed E-state index contributed by atoms with van der Waals surface area (Å²) in [4.78, 5) is 0. The molecule has 0 rings (SSSR count). The SMILES string of the molecule is CCCCCCCCCCCCCCCCCC[N+](C)(C)C(C)C.[Cl-]. The normalized spacial score (nSPS) is 11.8. The minimum absolute atomic E-state index is 0. The summed E-state index contributed by atoms with van der Waals surface area (Å²) in [5.74, 6) is 0.